The largest absolute Gasteiger partial charge is 0.464 e. The Balaban J connectivity index is 1.57. The summed E-state index contributed by atoms with van der Waals surface area (Å²) in [7, 11) is 0. The molecule has 1 aliphatic rings. The molecule has 140 valence electrons. The van der Waals surface area contributed by atoms with Gasteiger partial charge >= 0.3 is 0 Å². The fourth-order valence-electron chi connectivity index (χ4n) is 4.48. The van der Waals surface area contributed by atoms with Crippen LogP contribution in [0.2, 0.25) is 0 Å². The van der Waals surface area contributed by atoms with Crippen LogP contribution in [0.3, 0.4) is 0 Å². The lowest BCUT2D eigenvalue weighted by molar-refractivity contribution is 0.0173. The molecule has 0 bridgehead atoms. The molecular weight excluding hydrogens is 340 g/mol. The number of nitrogens with zero attached hydrogens (tertiary/aromatic N) is 1. The minimum atomic E-state index is -0.595. The Kier molecular flexibility index (Phi) is 4.48. The number of fused-ring (bicyclic) bond motifs is 1. The Morgan fingerprint density at radius 1 is 1.22 bits per heavy atom. The van der Waals surface area contributed by atoms with Gasteiger partial charge < -0.3 is 14.8 Å². The second-order valence-electron chi connectivity index (χ2n) is 8.04. The van der Waals surface area contributed by atoms with Gasteiger partial charge in [-0.25, -0.2) is 0 Å². The van der Waals surface area contributed by atoms with Crippen molar-refractivity contribution in [2.75, 3.05) is 0 Å². The number of carbonyl (C=O) groups excluding carboxylic acids is 1. The molecule has 1 fully saturated rings. The lowest BCUT2D eigenvalue weighted by Crippen LogP contribution is -2.49. The van der Waals surface area contributed by atoms with Gasteiger partial charge in [0.2, 0.25) is 0 Å². The second-order valence-corrected chi connectivity index (χ2v) is 8.04. The van der Waals surface area contributed by atoms with Crippen molar-refractivity contribution in [2.45, 2.75) is 44.8 Å². The molecule has 4 rings (SSSR count). The monoisotopic (exact) mass is 364 g/mol. The maximum Gasteiger partial charge on any atom is 0.251 e. The zero-order valence-electron chi connectivity index (χ0n) is 15.6. The molecule has 2 heterocycles. The van der Waals surface area contributed by atoms with Gasteiger partial charge in [0, 0.05) is 29.1 Å². The van der Waals surface area contributed by atoms with E-state index in [1.165, 1.54) is 0 Å². The minimum absolute atomic E-state index is 0.0810. The van der Waals surface area contributed by atoms with Gasteiger partial charge in [0.1, 0.15) is 5.58 Å². The molecule has 3 atom stereocenters. The number of aromatic nitrogens is 1. The molecule has 0 spiro atoms. The van der Waals surface area contributed by atoms with Gasteiger partial charge in [0.05, 0.1) is 18.1 Å². The van der Waals surface area contributed by atoms with Crippen molar-refractivity contribution in [3.63, 3.8) is 0 Å². The molecule has 2 aromatic heterocycles. The minimum Gasteiger partial charge on any atom is -0.464 e. The third kappa shape index (κ3) is 3.35. The Morgan fingerprint density at radius 3 is 2.74 bits per heavy atom. The van der Waals surface area contributed by atoms with E-state index in [9.17, 15) is 9.90 Å². The summed E-state index contributed by atoms with van der Waals surface area (Å²) in [5.41, 5.74) is 2.05. The van der Waals surface area contributed by atoms with E-state index in [4.69, 9.17) is 4.42 Å². The summed E-state index contributed by atoms with van der Waals surface area (Å²) in [5, 5.41) is 15.0. The maximum atomic E-state index is 12.5. The topological polar surface area (TPSA) is 75.4 Å². The zero-order valence-corrected chi connectivity index (χ0v) is 15.6. The molecule has 5 heteroatoms. The molecule has 5 nitrogen and oxygen atoms in total. The quantitative estimate of drug-likeness (QED) is 0.739. The molecular formula is C22H24N2O3. The average Bonchev–Trinajstić information content (AvgIpc) is 3.11. The molecule has 1 amide bonds. The van der Waals surface area contributed by atoms with Gasteiger partial charge in [0.25, 0.3) is 5.91 Å². The summed E-state index contributed by atoms with van der Waals surface area (Å²) in [6, 6.07) is 12.8. The number of aliphatic hydroxyl groups is 1. The van der Waals surface area contributed by atoms with E-state index < -0.39 is 6.10 Å². The van der Waals surface area contributed by atoms with E-state index in [1.54, 1.807) is 24.6 Å². The van der Waals surface area contributed by atoms with Gasteiger partial charge in [-0.1, -0.05) is 32.0 Å². The van der Waals surface area contributed by atoms with E-state index >= 15 is 0 Å². The lowest BCUT2D eigenvalue weighted by Gasteiger charge is -2.45. The van der Waals surface area contributed by atoms with E-state index in [-0.39, 0.29) is 23.3 Å². The van der Waals surface area contributed by atoms with Crippen molar-refractivity contribution in [3.8, 4) is 0 Å². The first kappa shape index (κ1) is 17.7. The molecule has 1 aromatic carbocycles. The van der Waals surface area contributed by atoms with Crippen LogP contribution >= 0.6 is 0 Å². The highest BCUT2D eigenvalue weighted by Gasteiger charge is 2.45. The van der Waals surface area contributed by atoms with Crippen LogP contribution in [0.15, 0.2) is 59.3 Å². The zero-order chi connectivity index (χ0) is 19.0. The van der Waals surface area contributed by atoms with Crippen molar-refractivity contribution >= 4 is 16.9 Å². The van der Waals surface area contributed by atoms with E-state index in [0.717, 1.165) is 23.1 Å². The maximum absolute atomic E-state index is 12.5. The first-order chi connectivity index (χ1) is 13.0. The van der Waals surface area contributed by atoms with Gasteiger partial charge in [-0.05, 0) is 42.5 Å². The Morgan fingerprint density at radius 2 is 2.00 bits per heavy atom. The number of aliphatic hydroxyl groups excluding tert-OH is 1. The third-order valence-electron chi connectivity index (χ3n) is 5.60. The van der Waals surface area contributed by atoms with Crippen LogP contribution in [0.25, 0.3) is 11.0 Å². The van der Waals surface area contributed by atoms with Gasteiger partial charge in [-0.15, -0.1) is 0 Å². The number of pyridine rings is 1. The van der Waals surface area contributed by atoms with Crippen LogP contribution in [0.5, 0.6) is 0 Å². The van der Waals surface area contributed by atoms with Crippen molar-refractivity contribution in [1.29, 1.82) is 0 Å². The number of hydrogen-bond acceptors (Lipinski definition) is 4. The number of nitrogens with one attached hydrogen (secondary N) is 1. The van der Waals surface area contributed by atoms with E-state index in [2.05, 4.69) is 24.1 Å². The number of furan rings is 1. The predicted octanol–water partition coefficient (Wildman–Crippen LogP) is 3.89. The Hall–Kier alpha value is -2.66. The molecule has 2 N–H and O–H groups in total. The first-order valence-electron chi connectivity index (χ1n) is 9.32. The van der Waals surface area contributed by atoms with Crippen molar-refractivity contribution in [1.82, 2.24) is 10.3 Å². The Bertz CT molecular complexity index is 948. The number of rotatable bonds is 3. The predicted molar refractivity (Wildman–Crippen MR) is 103 cm³/mol. The van der Waals surface area contributed by atoms with Gasteiger partial charge in [-0.3, -0.25) is 9.78 Å². The second kappa shape index (κ2) is 6.82. The van der Waals surface area contributed by atoms with Gasteiger partial charge in [-0.2, -0.15) is 0 Å². The number of benzene rings is 1. The Labute approximate surface area is 158 Å². The normalized spacial score (nSPS) is 24.6. The highest BCUT2D eigenvalue weighted by molar-refractivity contribution is 5.94. The summed E-state index contributed by atoms with van der Waals surface area (Å²) in [5.74, 6) is -0.221. The molecule has 0 saturated heterocycles. The van der Waals surface area contributed by atoms with E-state index in [1.807, 2.05) is 30.3 Å². The van der Waals surface area contributed by atoms with Gasteiger partial charge in [0.15, 0.2) is 0 Å². The number of carbonyl (C=O) groups is 1. The summed E-state index contributed by atoms with van der Waals surface area (Å²) >= 11 is 0. The fraction of sp³-hybridized carbons (Fsp3) is 0.364. The average molecular weight is 364 g/mol. The van der Waals surface area contributed by atoms with Crippen LogP contribution < -0.4 is 5.32 Å². The molecule has 3 unspecified atom stereocenters. The molecule has 3 aromatic rings. The first-order valence-corrected chi connectivity index (χ1v) is 9.32. The molecule has 0 radical (unpaired) electrons. The van der Waals surface area contributed by atoms with Crippen LogP contribution in [0.1, 0.15) is 48.7 Å². The fourth-order valence-corrected chi connectivity index (χ4v) is 4.48. The van der Waals surface area contributed by atoms with Crippen molar-refractivity contribution in [2.24, 2.45) is 5.41 Å². The van der Waals surface area contributed by atoms with Crippen molar-refractivity contribution in [3.05, 3.63) is 66.2 Å². The highest BCUT2D eigenvalue weighted by Crippen LogP contribution is 2.48. The standard InChI is InChI=1S/C22H24N2O3/c1-22(2)13-15(24-21(26)14-6-4-3-5-7-14)12-17(25)19(22)20-16-9-11-27-18(16)8-10-23-20/h3-11,15,17,19,25H,12-13H2,1-2H3,(H,24,26). The van der Waals surface area contributed by atoms with Crippen LogP contribution in [-0.4, -0.2) is 28.1 Å². The molecule has 1 aliphatic carbocycles. The summed E-state index contributed by atoms with van der Waals surface area (Å²) < 4.78 is 5.50. The molecule has 27 heavy (non-hydrogen) atoms. The third-order valence-corrected chi connectivity index (χ3v) is 5.60. The van der Waals surface area contributed by atoms with Crippen molar-refractivity contribution < 1.29 is 14.3 Å². The van der Waals surface area contributed by atoms with Crippen LogP contribution in [0, 0.1) is 5.41 Å². The smallest absolute Gasteiger partial charge is 0.251 e. The summed E-state index contributed by atoms with van der Waals surface area (Å²) in [6.45, 7) is 4.25. The highest BCUT2D eigenvalue weighted by atomic mass is 16.3. The summed E-state index contributed by atoms with van der Waals surface area (Å²) in [6.07, 6.45) is 4.06. The lowest BCUT2D eigenvalue weighted by atomic mass is 9.64. The summed E-state index contributed by atoms with van der Waals surface area (Å²) in [4.78, 5) is 17.1. The number of hydrogen-bond donors (Lipinski definition) is 2. The number of amides is 1. The van der Waals surface area contributed by atoms with Crippen LogP contribution in [0.4, 0.5) is 0 Å². The van der Waals surface area contributed by atoms with Crippen LogP contribution in [-0.2, 0) is 0 Å². The SMILES string of the molecule is CC1(C)CC(NC(=O)c2ccccc2)CC(O)C1c1nccc2occc12. The van der Waals surface area contributed by atoms with E-state index in [0.29, 0.717) is 12.0 Å². The molecule has 0 aliphatic heterocycles. The molecule has 1 saturated carbocycles.